The summed E-state index contributed by atoms with van der Waals surface area (Å²) in [5, 5.41) is 10.8. The Morgan fingerprint density at radius 2 is 2.22 bits per heavy atom. The lowest BCUT2D eigenvalue weighted by molar-refractivity contribution is -0.385. The van der Waals surface area contributed by atoms with Crippen molar-refractivity contribution >= 4 is 33.7 Å². The first kappa shape index (κ1) is 14.4. The van der Waals surface area contributed by atoms with E-state index in [-0.39, 0.29) is 5.69 Å². The second-order valence-electron chi connectivity index (χ2n) is 3.52. The third-order valence-electron chi connectivity index (χ3n) is 2.15. The van der Waals surface area contributed by atoms with Gasteiger partial charge in [0.2, 0.25) is 0 Å². The summed E-state index contributed by atoms with van der Waals surface area (Å²) in [5.74, 6) is -0.428. The number of ether oxygens (including phenoxy) is 1. The Morgan fingerprint density at radius 3 is 2.78 bits per heavy atom. The number of halogens is 1. The lowest BCUT2D eigenvalue weighted by atomic mass is 10.1. The maximum atomic E-state index is 11.4. The largest absolute Gasteiger partial charge is 0.463 e. The monoisotopic (exact) mass is 313 g/mol. The number of rotatable bonds is 4. The molecule has 18 heavy (non-hydrogen) atoms. The van der Waals surface area contributed by atoms with Crippen molar-refractivity contribution in [2.75, 3.05) is 6.61 Å². The van der Waals surface area contributed by atoms with Crippen molar-refractivity contribution in [1.82, 2.24) is 0 Å². The van der Waals surface area contributed by atoms with Crippen LogP contribution in [0.5, 0.6) is 0 Å². The third-order valence-corrected chi connectivity index (χ3v) is 2.82. The third kappa shape index (κ3) is 3.66. The number of nitro benzene ring substituents is 1. The lowest BCUT2D eigenvalue weighted by Crippen LogP contribution is -2.04. The minimum Gasteiger partial charge on any atom is -0.463 e. The van der Waals surface area contributed by atoms with E-state index in [0.717, 1.165) is 0 Å². The Balaban J connectivity index is 3.05. The molecule has 0 N–H and O–H groups in total. The number of esters is 1. The number of benzene rings is 1. The number of carbonyl (C=O) groups excluding carboxylic acids is 1. The predicted molar refractivity (Wildman–Crippen MR) is 71.1 cm³/mol. The van der Waals surface area contributed by atoms with Crippen LogP contribution in [0.25, 0.3) is 6.08 Å². The first-order valence-corrected chi connectivity index (χ1v) is 6.04. The van der Waals surface area contributed by atoms with Gasteiger partial charge in [-0.2, -0.15) is 0 Å². The molecule has 5 nitrogen and oxygen atoms in total. The SMILES string of the molecule is CCOC(=O)/C(C)=C/c1ccc(Br)c([N+](=O)[O-])c1. The number of nitro groups is 1. The van der Waals surface area contributed by atoms with Crippen LogP contribution in [0.1, 0.15) is 19.4 Å². The van der Waals surface area contributed by atoms with Gasteiger partial charge in [0, 0.05) is 11.6 Å². The van der Waals surface area contributed by atoms with Crippen molar-refractivity contribution in [3.8, 4) is 0 Å². The molecule has 0 saturated heterocycles. The molecule has 0 unspecified atom stereocenters. The Kier molecular flexibility index (Phi) is 5.03. The van der Waals surface area contributed by atoms with Gasteiger partial charge in [-0.1, -0.05) is 6.07 Å². The standard InChI is InChI=1S/C12H12BrNO4/c1-3-18-12(15)8(2)6-9-4-5-10(13)11(7-9)14(16)17/h4-7H,3H2,1-2H3/b8-6+. The summed E-state index contributed by atoms with van der Waals surface area (Å²) >= 11 is 3.10. The molecule has 0 spiro atoms. The van der Waals surface area contributed by atoms with Gasteiger partial charge in [0.25, 0.3) is 5.69 Å². The molecule has 0 atom stereocenters. The van der Waals surface area contributed by atoms with Crippen LogP contribution in [0.2, 0.25) is 0 Å². The Morgan fingerprint density at radius 1 is 1.56 bits per heavy atom. The average Bonchev–Trinajstić information content (AvgIpc) is 2.31. The van der Waals surface area contributed by atoms with E-state index in [1.165, 1.54) is 6.07 Å². The van der Waals surface area contributed by atoms with Crippen LogP contribution in [0.3, 0.4) is 0 Å². The van der Waals surface area contributed by atoms with E-state index in [2.05, 4.69) is 15.9 Å². The van der Waals surface area contributed by atoms with E-state index in [9.17, 15) is 14.9 Å². The quantitative estimate of drug-likeness (QED) is 0.370. The predicted octanol–water partition coefficient (Wildman–Crippen LogP) is 3.32. The van der Waals surface area contributed by atoms with Gasteiger partial charge in [0.15, 0.2) is 0 Å². The smallest absolute Gasteiger partial charge is 0.333 e. The fraction of sp³-hybridized carbons (Fsp3) is 0.250. The summed E-state index contributed by atoms with van der Waals surface area (Å²) in [4.78, 5) is 21.7. The molecule has 6 heteroatoms. The van der Waals surface area contributed by atoms with E-state index in [0.29, 0.717) is 22.2 Å². The van der Waals surface area contributed by atoms with Crippen molar-refractivity contribution in [3.63, 3.8) is 0 Å². The second-order valence-corrected chi connectivity index (χ2v) is 4.37. The van der Waals surface area contributed by atoms with E-state index in [1.807, 2.05) is 0 Å². The van der Waals surface area contributed by atoms with E-state index < -0.39 is 10.9 Å². The summed E-state index contributed by atoms with van der Waals surface area (Å²) in [7, 11) is 0. The number of hydrogen-bond acceptors (Lipinski definition) is 4. The van der Waals surface area contributed by atoms with Crippen molar-refractivity contribution in [3.05, 3.63) is 43.9 Å². The molecule has 0 fully saturated rings. The van der Waals surface area contributed by atoms with Crippen molar-refractivity contribution in [1.29, 1.82) is 0 Å². The average molecular weight is 314 g/mol. The zero-order valence-corrected chi connectivity index (χ0v) is 11.6. The van der Waals surface area contributed by atoms with Crippen LogP contribution in [-0.4, -0.2) is 17.5 Å². The van der Waals surface area contributed by atoms with Crippen LogP contribution in [0.4, 0.5) is 5.69 Å². The molecular formula is C12H12BrNO4. The molecule has 0 radical (unpaired) electrons. The van der Waals surface area contributed by atoms with Crippen LogP contribution < -0.4 is 0 Å². The molecule has 0 aliphatic carbocycles. The summed E-state index contributed by atoms with van der Waals surface area (Å²) in [6.45, 7) is 3.62. The number of nitrogens with zero attached hydrogens (tertiary/aromatic N) is 1. The van der Waals surface area contributed by atoms with Gasteiger partial charge in [0.05, 0.1) is 16.0 Å². The molecule has 1 rings (SSSR count). The highest BCUT2D eigenvalue weighted by molar-refractivity contribution is 9.10. The van der Waals surface area contributed by atoms with Gasteiger partial charge in [-0.25, -0.2) is 4.79 Å². The molecule has 0 aliphatic heterocycles. The van der Waals surface area contributed by atoms with Crippen LogP contribution in [0.15, 0.2) is 28.2 Å². The van der Waals surface area contributed by atoms with Gasteiger partial charge < -0.3 is 4.74 Å². The second kappa shape index (κ2) is 6.30. The number of hydrogen-bond donors (Lipinski definition) is 0. The first-order chi connectivity index (χ1) is 8.45. The normalized spacial score (nSPS) is 11.2. The highest BCUT2D eigenvalue weighted by atomic mass is 79.9. The van der Waals surface area contributed by atoms with E-state index >= 15 is 0 Å². The summed E-state index contributed by atoms with van der Waals surface area (Å²) in [6.07, 6.45) is 1.55. The molecule has 0 saturated carbocycles. The molecule has 0 aromatic heterocycles. The van der Waals surface area contributed by atoms with E-state index in [4.69, 9.17) is 4.74 Å². The Hall–Kier alpha value is -1.69. The molecule has 0 amide bonds. The van der Waals surface area contributed by atoms with Crippen LogP contribution in [-0.2, 0) is 9.53 Å². The topological polar surface area (TPSA) is 69.4 Å². The maximum absolute atomic E-state index is 11.4. The van der Waals surface area contributed by atoms with E-state index in [1.54, 1.807) is 32.1 Å². The minimum atomic E-state index is -0.485. The summed E-state index contributed by atoms with van der Waals surface area (Å²) in [6, 6.07) is 4.65. The number of carbonyl (C=O) groups is 1. The molecular weight excluding hydrogens is 302 g/mol. The van der Waals surface area contributed by atoms with Crippen molar-refractivity contribution < 1.29 is 14.5 Å². The molecule has 0 heterocycles. The molecule has 96 valence electrons. The van der Waals surface area contributed by atoms with Gasteiger partial charge in [0.1, 0.15) is 0 Å². The Bertz CT molecular complexity index is 511. The highest BCUT2D eigenvalue weighted by Gasteiger charge is 2.12. The maximum Gasteiger partial charge on any atom is 0.333 e. The van der Waals surface area contributed by atoms with Crippen LogP contribution >= 0.6 is 15.9 Å². The highest BCUT2D eigenvalue weighted by Crippen LogP contribution is 2.26. The van der Waals surface area contributed by atoms with Gasteiger partial charge in [-0.15, -0.1) is 0 Å². The van der Waals surface area contributed by atoms with Gasteiger partial charge in [-0.3, -0.25) is 10.1 Å². The fourth-order valence-electron chi connectivity index (χ4n) is 1.31. The summed E-state index contributed by atoms with van der Waals surface area (Å²) < 4.78 is 5.23. The molecule has 0 aliphatic rings. The molecule has 1 aromatic rings. The molecule has 0 bridgehead atoms. The van der Waals surface area contributed by atoms with Gasteiger partial charge >= 0.3 is 5.97 Å². The first-order valence-electron chi connectivity index (χ1n) is 5.25. The lowest BCUT2D eigenvalue weighted by Gasteiger charge is -2.02. The Labute approximate surface area is 113 Å². The minimum absolute atomic E-state index is 0.0413. The van der Waals surface area contributed by atoms with Crippen molar-refractivity contribution in [2.45, 2.75) is 13.8 Å². The van der Waals surface area contributed by atoms with Crippen molar-refractivity contribution in [2.24, 2.45) is 0 Å². The summed E-state index contributed by atoms with van der Waals surface area (Å²) in [5.41, 5.74) is 0.935. The van der Waals surface area contributed by atoms with Gasteiger partial charge in [-0.05, 0) is 47.5 Å². The fourth-order valence-corrected chi connectivity index (χ4v) is 1.70. The molecule has 1 aromatic carbocycles. The zero-order chi connectivity index (χ0) is 13.7. The van der Waals surface area contributed by atoms with Crippen LogP contribution in [0, 0.1) is 10.1 Å². The zero-order valence-electron chi connectivity index (χ0n) is 9.97.